The van der Waals surface area contributed by atoms with E-state index in [1.807, 2.05) is 30.1 Å². The maximum atomic E-state index is 12.5. The first-order valence-corrected chi connectivity index (χ1v) is 6.48. The highest BCUT2D eigenvalue weighted by molar-refractivity contribution is 5.97. The summed E-state index contributed by atoms with van der Waals surface area (Å²) < 4.78 is 1.71. The van der Waals surface area contributed by atoms with Crippen LogP contribution in [0.3, 0.4) is 0 Å². The molecule has 0 unspecified atom stereocenters. The molecule has 1 aromatic carbocycles. The second-order valence-electron chi connectivity index (χ2n) is 4.97. The maximum absolute atomic E-state index is 12.5. The molecule has 1 aromatic heterocycles. The number of aryl methyl sites for hydroxylation is 1. The number of hydrogen-bond acceptors (Lipinski definition) is 4. The van der Waals surface area contributed by atoms with Crippen molar-refractivity contribution < 1.29 is 4.79 Å². The van der Waals surface area contributed by atoms with Gasteiger partial charge in [-0.2, -0.15) is 0 Å². The van der Waals surface area contributed by atoms with Crippen molar-refractivity contribution in [3.63, 3.8) is 0 Å². The maximum Gasteiger partial charge on any atom is 0.254 e. The van der Waals surface area contributed by atoms with Gasteiger partial charge in [0.1, 0.15) is 5.52 Å². The summed E-state index contributed by atoms with van der Waals surface area (Å²) in [5.74, 6) is 0.0709. The van der Waals surface area contributed by atoms with Crippen molar-refractivity contribution in [1.29, 1.82) is 0 Å². The van der Waals surface area contributed by atoms with Gasteiger partial charge in [0, 0.05) is 38.3 Å². The van der Waals surface area contributed by atoms with Crippen LogP contribution in [0.2, 0.25) is 0 Å². The molecule has 0 saturated carbocycles. The van der Waals surface area contributed by atoms with Crippen LogP contribution in [0.1, 0.15) is 17.3 Å². The van der Waals surface area contributed by atoms with Crippen LogP contribution in [-0.4, -0.2) is 51.5 Å². The molecule has 1 atom stereocenters. The number of nitrogens with zero attached hydrogens (tertiary/aromatic N) is 4. The van der Waals surface area contributed by atoms with Gasteiger partial charge in [0.25, 0.3) is 5.91 Å². The monoisotopic (exact) mass is 259 g/mol. The number of hydrogen-bond donors (Lipinski definition) is 1. The highest BCUT2D eigenvalue weighted by Crippen LogP contribution is 2.16. The Morgan fingerprint density at radius 3 is 3.11 bits per heavy atom. The Balaban J connectivity index is 1.92. The van der Waals surface area contributed by atoms with Gasteiger partial charge < -0.3 is 10.2 Å². The number of rotatable bonds is 1. The molecule has 1 aliphatic heterocycles. The predicted molar refractivity (Wildman–Crippen MR) is 71.9 cm³/mol. The summed E-state index contributed by atoms with van der Waals surface area (Å²) in [5, 5.41) is 11.3. The molecule has 0 radical (unpaired) electrons. The van der Waals surface area contributed by atoms with Crippen LogP contribution in [-0.2, 0) is 7.05 Å². The van der Waals surface area contributed by atoms with Gasteiger partial charge in [0.2, 0.25) is 0 Å². The van der Waals surface area contributed by atoms with Gasteiger partial charge in [-0.25, -0.2) is 4.68 Å². The average molecular weight is 259 g/mol. The van der Waals surface area contributed by atoms with E-state index in [4.69, 9.17) is 0 Å². The number of benzene rings is 1. The first-order valence-electron chi connectivity index (χ1n) is 6.48. The molecule has 1 fully saturated rings. The van der Waals surface area contributed by atoms with Gasteiger partial charge in [-0.1, -0.05) is 5.21 Å². The number of aromatic nitrogens is 3. The van der Waals surface area contributed by atoms with E-state index in [1.165, 1.54) is 0 Å². The fourth-order valence-corrected chi connectivity index (χ4v) is 2.48. The van der Waals surface area contributed by atoms with Crippen molar-refractivity contribution in [2.75, 3.05) is 19.6 Å². The van der Waals surface area contributed by atoms with Gasteiger partial charge in [-0.05, 0) is 25.1 Å². The number of piperazine rings is 1. The summed E-state index contributed by atoms with van der Waals surface area (Å²) >= 11 is 0. The van der Waals surface area contributed by atoms with Gasteiger partial charge in [0.05, 0.1) is 5.52 Å². The van der Waals surface area contributed by atoms with Gasteiger partial charge >= 0.3 is 0 Å². The molecule has 0 aliphatic carbocycles. The van der Waals surface area contributed by atoms with E-state index in [2.05, 4.69) is 22.6 Å². The third-order valence-electron chi connectivity index (χ3n) is 3.62. The van der Waals surface area contributed by atoms with Crippen molar-refractivity contribution in [3.8, 4) is 0 Å². The zero-order valence-corrected chi connectivity index (χ0v) is 11.1. The summed E-state index contributed by atoms with van der Waals surface area (Å²) in [6, 6.07) is 5.79. The molecule has 1 N–H and O–H groups in total. The van der Waals surface area contributed by atoms with E-state index in [0.717, 1.165) is 30.7 Å². The molecular weight excluding hydrogens is 242 g/mol. The van der Waals surface area contributed by atoms with E-state index in [9.17, 15) is 4.79 Å². The molecule has 1 aliphatic rings. The smallest absolute Gasteiger partial charge is 0.254 e. The molecule has 3 rings (SSSR count). The lowest BCUT2D eigenvalue weighted by atomic mass is 10.1. The van der Waals surface area contributed by atoms with Gasteiger partial charge in [-0.15, -0.1) is 5.10 Å². The molecule has 2 aromatic rings. The first-order chi connectivity index (χ1) is 9.16. The van der Waals surface area contributed by atoms with Gasteiger partial charge in [-0.3, -0.25) is 4.79 Å². The van der Waals surface area contributed by atoms with E-state index in [-0.39, 0.29) is 11.9 Å². The van der Waals surface area contributed by atoms with Crippen LogP contribution < -0.4 is 5.32 Å². The molecule has 1 saturated heterocycles. The third kappa shape index (κ3) is 2.08. The largest absolute Gasteiger partial charge is 0.333 e. The predicted octanol–water partition coefficient (Wildman–Crippen LogP) is 0.402. The van der Waals surface area contributed by atoms with Crippen LogP contribution in [0.25, 0.3) is 11.0 Å². The van der Waals surface area contributed by atoms with Crippen molar-refractivity contribution in [2.45, 2.75) is 13.0 Å². The van der Waals surface area contributed by atoms with Crippen LogP contribution in [0.4, 0.5) is 0 Å². The summed E-state index contributed by atoms with van der Waals surface area (Å²) in [7, 11) is 1.84. The Kier molecular flexibility index (Phi) is 2.94. The topological polar surface area (TPSA) is 63.1 Å². The molecule has 0 bridgehead atoms. The minimum absolute atomic E-state index is 0.0709. The lowest BCUT2D eigenvalue weighted by Crippen LogP contribution is -2.52. The summed E-state index contributed by atoms with van der Waals surface area (Å²) in [5.41, 5.74) is 2.38. The van der Waals surface area contributed by atoms with Crippen LogP contribution in [0.15, 0.2) is 18.2 Å². The highest BCUT2D eigenvalue weighted by Gasteiger charge is 2.24. The van der Waals surface area contributed by atoms with E-state index < -0.39 is 0 Å². The molecule has 100 valence electrons. The van der Waals surface area contributed by atoms with E-state index >= 15 is 0 Å². The van der Waals surface area contributed by atoms with Crippen molar-refractivity contribution >= 4 is 16.9 Å². The lowest BCUT2D eigenvalue weighted by Gasteiger charge is -2.34. The van der Waals surface area contributed by atoms with Crippen LogP contribution in [0, 0.1) is 0 Å². The number of amides is 1. The quantitative estimate of drug-likeness (QED) is 0.805. The second kappa shape index (κ2) is 4.62. The lowest BCUT2D eigenvalue weighted by molar-refractivity contribution is 0.0656. The number of carbonyl (C=O) groups is 1. The molecule has 19 heavy (non-hydrogen) atoms. The average Bonchev–Trinajstić information content (AvgIpc) is 2.80. The first kappa shape index (κ1) is 12.1. The standard InChI is InChI=1S/C13H17N5O/c1-9-8-14-5-6-18(9)13(19)10-3-4-12-11(7-10)15-16-17(12)2/h3-4,7,9,14H,5-6,8H2,1-2H3/t9-/m0/s1. The molecule has 2 heterocycles. The van der Waals surface area contributed by atoms with Crippen LogP contribution in [0.5, 0.6) is 0 Å². The Hall–Kier alpha value is -1.95. The third-order valence-corrected chi connectivity index (χ3v) is 3.62. The van der Waals surface area contributed by atoms with E-state index in [1.54, 1.807) is 4.68 Å². The molecule has 6 heteroatoms. The fraction of sp³-hybridized carbons (Fsp3) is 0.462. The minimum Gasteiger partial charge on any atom is -0.333 e. The molecule has 0 spiro atoms. The van der Waals surface area contributed by atoms with Crippen molar-refractivity contribution in [3.05, 3.63) is 23.8 Å². The normalized spacial score (nSPS) is 19.9. The molecular formula is C13H17N5O. The summed E-state index contributed by atoms with van der Waals surface area (Å²) in [6.07, 6.45) is 0. The van der Waals surface area contributed by atoms with Crippen molar-refractivity contribution in [2.24, 2.45) is 7.05 Å². The summed E-state index contributed by atoms with van der Waals surface area (Å²) in [4.78, 5) is 14.4. The Morgan fingerprint density at radius 1 is 1.47 bits per heavy atom. The molecule has 1 amide bonds. The zero-order chi connectivity index (χ0) is 13.4. The SMILES string of the molecule is C[C@H]1CNCCN1C(=O)c1ccc2c(c1)nnn2C. The summed E-state index contributed by atoms with van der Waals surface area (Å²) in [6.45, 7) is 4.51. The van der Waals surface area contributed by atoms with Crippen LogP contribution >= 0.6 is 0 Å². The fourth-order valence-electron chi connectivity index (χ4n) is 2.48. The molecule has 6 nitrogen and oxygen atoms in total. The zero-order valence-electron chi connectivity index (χ0n) is 11.1. The van der Waals surface area contributed by atoms with Gasteiger partial charge in [0.15, 0.2) is 0 Å². The van der Waals surface area contributed by atoms with Crippen molar-refractivity contribution in [1.82, 2.24) is 25.2 Å². The Morgan fingerprint density at radius 2 is 2.32 bits per heavy atom. The second-order valence-corrected chi connectivity index (χ2v) is 4.97. The number of carbonyl (C=O) groups excluding carboxylic acids is 1. The minimum atomic E-state index is 0.0709. The Labute approximate surface area is 111 Å². The van der Waals surface area contributed by atoms with E-state index in [0.29, 0.717) is 5.56 Å². The number of nitrogens with one attached hydrogen (secondary N) is 1. The highest BCUT2D eigenvalue weighted by atomic mass is 16.2. The Bertz CT molecular complexity index is 621. The number of fused-ring (bicyclic) bond motifs is 1.